The van der Waals surface area contributed by atoms with Gasteiger partial charge in [0, 0.05) is 18.2 Å². The Balaban J connectivity index is 1.60. The molecule has 2 aliphatic rings. The Morgan fingerprint density at radius 3 is 3.04 bits per heavy atom. The molecule has 7 heteroatoms. The van der Waals surface area contributed by atoms with Gasteiger partial charge in [0.05, 0.1) is 5.92 Å². The summed E-state index contributed by atoms with van der Waals surface area (Å²) >= 11 is 0. The van der Waals surface area contributed by atoms with E-state index in [2.05, 4.69) is 10.3 Å². The molecule has 1 atom stereocenters. The Hall–Kier alpha value is -3.09. The lowest BCUT2D eigenvalue weighted by atomic mass is 9.97. The lowest BCUT2D eigenvalue weighted by molar-refractivity contribution is -0.143. The first-order valence-electron chi connectivity index (χ1n) is 8.04. The van der Waals surface area contributed by atoms with Crippen LogP contribution in [0.15, 0.2) is 30.5 Å². The summed E-state index contributed by atoms with van der Waals surface area (Å²) in [6, 6.07) is 7.14. The molecular weight excluding hydrogens is 324 g/mol. The standard InChI is InChI=1S/C18H16N2O5/c21-16-4-2-13-15(5-6-19-17(13)20-16)25-12-1-3-14-10(8-12)7-11(9-24-14)18(22)23/h1,3,5-6,8,11H,2,4,7,9H2,(H,22,23)(H,19,20,21)/t11-/m1/s1. The van der Waals surface area contributed by atoms with Gasteiger partial charge in [-0.1, -0.05) is 0 Å². The second-order valence-electron chi connectivity index (χ2n) is 6.11. The summed E-state index contributed by atoms with van der Waals surface area (Å²) in [5, 5.41) is 11.9. The number of carbonyl (C=O) groups excluding carboxylic acids is 1. The van der Waals surface area contributed by atoms with Gasteiger partial charge >= 0.3 is 5.97 Å². The summed E-state index contributed by atoms with van der Waals surface area (Å²) in [4.78, 5) is 26.8. The van der Waals surface area contributed by atoms with Gasteiger partial charge < -0.3 is 19.9 Å². The predicted molar refractivity (Wildman–Crippen MR) is 88.0 cm³/mol. The summed E-state index contributed by atoms with van der Waals surface area (Å²) < 4.78 is 11.5. The van der Waals surface area contributed by atoms with Crippen molar-refractivity contribution in [3.05, 3.63) is 41.6 Å². The number of benzene rings is 1. The van der Waals surface area contributed by atoms with Crippen molar-refractivity contribution in [2.24, 2.45) is 5.92 Å². The third-order valence-corrected chi connectivity index (χ3v) is 4.39. The molecule has 0 saturated carbocycles. The van der Waals surface area contributed by atoms with Crippen molar-refractivity contribution in [3.8, 4) is 17.2 Å². The molecule has 1 aromatic carbocycles. The number of rotatable bonds is 3. The number of carboxylic acid groups (broad SMARTS) is 1. The number of aliphatic carboxylic acids is 1. The summed E-state index contributed by atoms with van der Waals surface area (Å²) in [5.74, 6) is 0.982. The van der Waals surface area contributed by atoms with Crippen LogP contribution in [0.2, 0.25) is 0 Å². The zero-order valence-electron chi connectivity index (χ0n) is 13.3. The van der Waals surface area contributed by atoms with Gasteiger partial charge in [-0.15, -0.1) is 0 Å². The molecule has 0 unspecified atom stereocenters. The number of ether oxygens (including phenoxy) is 2. The molecule has 0 radical (unpaired) electrons. The fourth-order valence-electron chi connectivity index (χ4n) is 3.07. The lowest BCUT2D eigenvalue weighted by Gasteiger charge is -2.23. The van der Waals surface area contributed by atoms with Crippen LogP contribution in [-0.2, 0) is 22.4 Å². The van der Waals surface area contributed by atoms with Crippen LogP contribution in [0.3, 0.4) is 0 Å². The molecule has 1 aromatic heterocycles. The van der Waals surface area contributed by atoms with Gasteiger partial charge in [0.15, 0.2) is 0 Å². The van der Waals surface area contributed by atoms with Crippen LogP contribution in [-0.4, -0.2) is 28.6 Å². The van der Waals surface area contributed by atoms with E-state index in [1.165, 1.54) is 0 Å². The van der Waals surface area contributed by atoms with Gasteiger partial charge in [0.2, 0.25) is 5.91 Å². The Labute approximate surface area is 143 Å². The minimum atomic E-state index is -0.865. The average molecular weight is 340 g/mol. The Morgan fingerprint density at radius 1 is 1.32 bits per heavy atom. The molecule has 2 aliphatic heterocycles. The fraction of sp³-hybridized carbons (Fsp3) is 0.278. The molecule has 1 amide bonds. The molecule has 3 heterocycles. The number of carbonyl (C=O) groups is 2. The van der Waals surface area contributed by atoms with Crippen molar-refractivity contribution >= 4 is 17.7 Å². The number of hydrogen-bond donors (Lipinski definition) is 2. The number of nitrogens with zero attached hydrogens (tertiary/aromatic N) is 1. The molecule has 2 aromatic rings. The normalized spacial score (nSPS) is 18.4. The van der Waals surface area contributed by atoms with Gasteiger partial charge in [-0.2, -0.15) is 0 Å². The summed E-state index contributed by atoms with van der Waals surface area (Å²) in [5.41, 5.74) is 1.67. The van der Waals surface area contributed by atoms with Crippen LogP contribution in [0.4, 0.5) is 5.82 Å². The number of amides is 1. The highest BCUT2D eigenvalue weighted by molar-refractivity contribution is 5.93. The maximum atomic E-state index is 11.5. The minimum Gasteiger partial charge on any atom is -0.492 e. The second-order valence-corrected chi connectivity index (χ2v) is 6.11. The fourth-order valence-corrected chi connectivity index (χ4v) is 3.07. The third kappa shape index (κ3) is 3.00. The first-order valence-corrected chi connectivity index (χ1v) is 8.04. The monoisotopic (exact) mass is 340 g/mol. The number of nitrogens with one attached hydrogen (secondary N) is 1. The first kappa shape index (κ1) is 15.4. The van der Waals surface area contributed by atoms with Crippen LogP contribution in [0, 0.1) is 5.92 Å². The van der Waals surface area contributed by atoms with Crippen LogP contribution < -0.4 is 14.8 Å². The molecule has 0 fully saturated rings. The van der Waals surface area contributed by atoms with Crippen molar-refractivity contribution in [1.29, 1.82) is 0 Å². The van der Waals surface area contributed by atoms with E-state index in [0.29, 0.717) is 42.3 Å². The number of anilines is 1. The van der Waals surface area contributed by atoms with E-state index < -0.39 is 11.9 Å². The van der Waals surface area contributed by atoms with E-state index in [1.54, 1.807) is 30.5 Å². The number of carboxylic acids is 1. The lowest BCUT2D eigenvalue weighted by Crippen LogP contribution is -2.27. The summed E-state index contributed by atoms with van der Waals surface area (Å²) in [6.45, 7) is 0.181. The van der Waals surface area contributed by atoms with Crippen LogP contribution in [0.25, 0.3) is 0 Å². The van der Waals surface area contributed by atoms with Crippen molar-refractivity contribution in [1.82, 2.24) is 4.98 Å². The van der Waals surface area contributed by atoms with E-state index in [-0.39, 0.29) is 12.5 Å². The van der Waals surface area contributed by atoms with Gasteiger partial charge in [-0.3, -0.25) is 9.59 Å². The molecule has 0 spiro atoms. The minimum absolute atomic E-state index is 0.0530. The predicted octanol–water partition coefficient (Wildman–Crippen LogP) is 2.39. The smallest absolute Gasteiger partial charge is 0.310 e. The zero-order valence-corrected chi connectivity index (χ0v) is 13.3. The summed E-state index contributed by atoms with van der Waals surface area (Å²) in [6.07, 6.45) is 2.96. The number of fused-ring (bicyclic) bond motifs is 2. The Bertz CT molecular complexity index is 865. The van der Waals surface area contributed by atoms with E-state index in [4.69, 9.17) is 14.6 Å². The van der Waals surface area contributed by atoms with E-state index in [0.717, 1.165) is 11.1 Å². The third-order valence-electron chi connectivity index (χ3n) is 4.39. The van der Waals surface area contributed by atoms with Gasteiger partial charge in [-0.05, 0) is 42.7 Å². The summed E-state index contributed by atoms with van der Waals surface area (Å²) in [7, 11) is 0. The van der Waals surface area contributed by atoms with E-state index in [9.17, 15) is 9.59 Å². The topological polar surface area (TPSA) is 97.8 Å². The van der Waals surface area contributed by atoms with Crippen molar-refractivity contribution < 1.29 is 24.2 Å². The first-order chi connectivity index (χ1) is 12.1. The Morgan fingerprint density at radius 2 is 2.20 bits per heavy atom. The van der Waals surface area contributed by atoms with Crippen molar-refractivity contribution in [2.45, 2.75) is 19.3 Å². The van der Waals surface area contributed by atoms with Gasteiger partial charge in [0.25, 0.3) is 0 Å². The molecule has 0 saturated heterocycles. The van der Waals surface area contributed by atoms with Crippen LogP contribution >= 0.6 is 0 Å². The average Bonchev–Trinajstić information content (AvgIpc) is 2.61. The van der Waals surface area contributed by atoms with Gasteiger partial charge in [-0.25, -0.2) is 4.98 Å². The maximum absolute atomic E-state index is 11.5. The molecular formula is C18H16N2O5. The number of aromatic nitrogens is 1. The molecule has 7 nitrogen and oxygen atoms in total. The highest BCUT2D eigenvalue weighted by Gasteiger charge is 2.26. The van der Waals surface area contributed by atoms with Crippen LogP contribution in [0.5, 0.6) is 17.2 Å². The van der Waals surface area contributed by atoms with Crippen molar-refractivity contribution in [2.75, 3.05) is 11.9 Å². The molecule has 0 aliphatic carbocycles. The molecule has 2 N–H and O–H groups in total. The van der Waals surface area contributed by atoms with E-state index in [1.807, 2.05) is 0 Å². The highest BCUT2D eigenvalue weighted by Crippen LogP contribution is 2.36. The SMILES string of the molecule is O=C1CCc2c(Oc3ccc4c(c3)C[C@@H](C(=O)O)CO4)ccnc2N1. The molecule has 128 valence electrons. The van der Waals surface area contributed by atoms with Gasteiger partial charge in [0.1, 0.15) is 29.7 Å². The highest BCUT2D eigenvalue weighted by atomic mass is 16.5. The van der Waals surface area contributed by atoms with Crippen molar-refractivity contribution in [3.63, 3.8) is 0 Å². The molecule has 0 bridgehead atoms. The van der Waals surface area contributed by atoms with E-state index >= 15 is 0 Å². The second kappa shape index (κ2) is 6.08. The number of pyridine rings is 1. The zero-order chi connectivity index (χ0) is 17.4. The largest absolute Gasteiger partial charge is 0.492 e. The quantitative estimate of drug-likeness (QED) is 0.890. The molecule has 25 heavy (non-hydrogen) atoms. The maximum Gasteiger partial charge on any atom is 0.310 e. The van der Waals surface area contributed by atoms with Crippen LogP contribution in [0.1, 0.15) is 17.5 Å². The number of hydrogen-bond acceptors (Lipinski definition) is 5. The Kier molecular flexibility index (Phi) is 3.76. The molecule has 4 rings (SSSR count).